The van der Waals surface area contributed by atoms with Crippen molar-refractivity contribution in [1.82, 2.24) is 14.1 Å². The van der Waals surface area contributed by atoms with Crippen molar-refractivity contribution in [3.05, 3.63) is 72.3 Å². The van der Waals surface area contributed by atoms with Crippen molar-refractivity contribution in [3.8, 4) is 28.6 Å². The molecule has 30 heavy (non-hydrogen) atoms. The van der Waals surface area contributed by atoms with E-state index in [9.17, 15) is 0 Å². The summed E-state index contributed by atoms with van der Waals surface area (Å²) in [4.78, 5) is 5.08. The summed E-state index contributed by atoms with van der Waals surface area (Å²) < 4.78 is 15.2. The Bertz CT molecular complexity index is 1360. The molecule has 5 rings (SSSR count). The van der Waals surface area contributed by atoms with Crippen LogP contribution in [0.15, 0.2) is 66.7 Å². The second kappa shape index (κ2) is 6.95. The fraction of sp³-hybridized carbons (Fsp3) is 0.160. The quantitative estimate of drug-likeness (QED) is 0.401. The lowest BCUT2D eigenvalue weighted by Crippen LogP contribution is -1.96. The Labute approximate surface area is 175 Å². The minimum absolute atomic E-state index is 0.828. The van der Waals surface area contributed by atoms with Gasteiger partial charge in [0.25, 0.3) is 0 Å². The van der Waals surface area contributed by atoms with Crippen molar-refractivity contribution < 1.29 is 9.47 Å². The zero-order valence-corrected chi connectivity index (χ0v) is 17.5. The summed E-state index contributed by atoms with van der Waals surface area (Å²) in [6, 6.07) is 22.7. The van der Waals surface area contributed by atoms with Crippen molar-refractivity contribution in [1.29, 1.82) is 0 Å². The summed E-state index contributed by atoms with van der Waals surface area (Å²) in [5, 5.41) is 1.11. The normalized spacial score (nSPS) is 11.3. The van der Waals surface area contributed by atoms with Crippen LogP contribution in [0, 0.1) is 6.92 Å². The average Bonchev–Trinajstić information content (AvgIpc) is 3.28. The topological polar surface area (TPSA) is 41.2 Å². The van der Waals surface area contributed by atoms with Crippen LogP contribution in [0.25, 0.3) is 39.1 Å². The van der Waals surface area contributed by atoms with Gasteiger partial charge in [0.05, 0.1) is 25.3 Å². The molecule has 0 amide bonds. The number of hydrogen-bond acceptors (Lipinski definition) is 3. The van der Waals surface area contributed by atoms with Gasteiger partial charge < -0.3 is 14.0 Å². The first kappa shape index (κ1) is 18.3. The lowest BCUT2D eigenvalue weighted by Gasteiger charge is -2.09. The molecule has 0 spiro atoms. The molecular formula is C25H23N3O2. The van der Waals surface area contributed by atoms with Crippen molar-refractivity contribution in [2.45, 2.75) is 6.92 Å². The van der Waals surface area contributed by atoms with Gasteiger partial charge in [-0.1, -0.05) is 29.8 Å². The molecule has 0 radical (unpaired) electrons. The van der Waals surface area contributed by atoms with Crippen LogP contribution in [0.3, 0.4) is 0 Å². The highest BCUT2D eigenvalue weighted by Gasteiger charge is 2.20. The van der Waals surface area contributed by atoms with Crippen molar-refractivity contribution in [3.63, 3.8) is 0 Å². The third-order valence-corrected chi connectivity index (χ3v) is 5.63. The summed E-state index contributed by atoms with van der Waals surface area (Å²) in [7, 11) is 5.44. The predicted molar refractivity (Wildman–Crippen MR) is 121 cm³/mol. The van der Waals surface area contributed by atoms with Gasteiger partial charge in [-0.25, -0.2) is 4.98 Å². The van der Waals surface area contributed by atoms with E-state index in [4.69, 9.17) is 14.5 Å². The predicted octanol–water partition coefficient (Wildman–Crippen LogP) is 5.51. The smallest absolute Gasteiger partial charge is 0.164 e. The molecule has 0 atom stereocenters. The van der Waals surface area contributed by atoms with Gasteiger partial charge in [-0.2, -0.15) is 0 Å². The maximum Gasteiger partial charge on any atom is 0.164 e. The number of methoxy groups -OCH3 is 2. The Hall–Kier alpha value is -3.73. The van der Waals surface area contributed by atoms with Gasteiger partial charge in [0.15, 0.2) is 5.65 Å². The van der Waals surface area contributed by atoms with E-state index in [0.717, 1.165) is 50.6 Å². The van der Waals surface area contributed by atoms with E-state index in [1.807, 2.05) is 18.2 Å². The third-order valence-electron chi connectivity index (χ3n) is 5.63. The van der Waals surface area contributed by atoms with Gasteiger partial charge in [-0.05, 0) is 49.4 Å². The number of benzene rings is 3. The molecule has 150 valence electrons. The summed E-state index contributed by atoms with van der Waals surface area (Å²) >= 11 is 0. The highest BCUT2D eigenvalue weighted by atomic mass is 16.5. The van der Waals surface area contributed by atoms with Crippen molar-refractivity contribution in [2.75, 3.05) is 14.2 Å². The fourth-order valence-corrected chi connectivity index (χ4v) is 4.04. The van der Waals surface area contributed by atoms with Crippen LogP contribution in [-0.2, 0) is 7.05 Å². The van der Waals surface area contributed by atoms with E-state index < -0.39 is 0 Å². The van der Waals surface area contributed by atoms with Crippen LogP contribution in [0.1, 0.15) is 5.56 Å². The highest BCUT2D eigenvalue weighted by molar-refractivity contribution is 6.07. The standard InChI is InChI=1S/C25H23N3O2/c1-16-5-7-17(8-6-16)24-26-25-23(27(24)2)21-15-20(30-4)13-14-22(21)28(25)18-9-11-19(29-3)12-10-18/h5-15H,1-4H3. The highest BCUT2D eigenvalue weighted by Crippen LogP contribution is 2.36. The molecule has 0 fully saturated rings. The average molecular weight is 397 g/mol. The van der Waals surface area contributed by atoms with E-state index in [-0.39, 0.29) is 0 Å². The molecule has 5 nitrogen and oxygen atoms in total. The Balaban J connectivity index is 1.84. The third kappa shape index (κ3) is 2.74. The molecule has 0 aliphatic heterocycles. The zero-order chi connectivity index (χ0) is 20.8. The Morgan fingerprint density at radius 3 is 2.13 bits per heavy atom. The first-order valence-corrected chi connectivity index (χ1v) is 9.87. The molecule has 0 bridgehead atoms. The van der Waals surface area contributed by atoms with Gasteiger partial charge in [-0.3, -0.25) is 4.57 Å². The Morgan fingerprint density at radius 2 is 1.47 bits per heavy atom. The van der Waals surface area contributed by atoms with Crippen LogP contribution in [-0.4, -0.2) is 28.3 Å². The first-order chi connectivity index (χ1) is 14.6. The minimum Gasteiger partial charge on any atom is -0.497 e. The second-order valence-electron chi connectivity index (χ2n) is 7.45. The number of imidazole rings is 1. The molecule has 2 heterocycles. The van der Waals surface area contributed by atoms with Gasteiger partial charge in [0.2, 0.25) is 0 Å². The number of ether oxygens (including phenoxy) is 2. The van der Waals surface area contributed by atoms with Gasteiger partial charge in [0.1, 0.15) is 17.3 Å². The van der Waals surface area contributed by atoms with E-state index >= 15 is 0 Å². The largest absolute Gasteiger partial charge is 0.497 e. The molecule has 3 aromatic carbocycles. The van der Waals surface area contributed by atoms with Crippen LogP contribution in [0.2, 0.25) is 0 Å². The lowest BCUT2D eigenvalue weighted by molar-refractivity contribution is 0.415. The van der Waals surface area contributed by atoms with Gasteiger partial charge in [-0.15, -0.1) is 0 Å². The molecule has 0 aliphatic rings. The summed E-state index contributed by atoms with van der Waals surface area (Å²) in [5.41, 5.74) is 6.45. The van der Waals surface area contributed by atoms with Crippen LogP contribution >= 0.6 is 0 Å². The van der Waals surface area contributed by atoms with E-state index in [2.05, 4.69) is 71.6 Å². The number of rotatable bonds is 4. The molecule has 0 aliphatic carbocycles. The molecular weight excluding hydrogens is 374 g/mol. The van der Waals surface area contributed by atoms with Crippen molar-refractivity contribution in [2.24, 2.45) is 7.05 Å². The summed E-state index contributed by atoms with van der Waals surface area (Å²) in [6.07, 6.45) is 0. The Morgan fingerprint density at radius 1 is 0.800 bits per heavy atom. The molecule has 0 saturated carbocycles. The minimum atomic E-state index is 0.828. The number of fused-ring (bicyclic) bond motifs is 3. The summed E-state index contributed by atoms with van der Waals surface area (Å²) in [5.74, 6) is 2.59. The number of aryl methyl sites for hydroxylation is 2. The van der Waals surface area contributed by atoms with Crippen LogP contribution < -0.4 is 9.47 Å². The maximum absolute atomic E-state index is 5.51. The molecule has 2 aromatic heterocycles. The van der Waals surface area contributed by atoms with E-state index in [0.29, 0.717) is 0 Å². The van der Waals surface area contributed by atoms with E-state index in [1.165, 1.54) is 5.56 Å². The van der Waals surface area contributed by atoms with Crippen LogP contribution in [0.4, 0.5) is 0 Å². The SMILES string of the molecule is COc1ccc(-n2c3ccc(OC)cc3c3c2nc(-c2ccc(C)cc2)n3C)cc1. The monoisotopic (exact) mass is 397 g/mol. The van der Waals surface area contributed by atoms with Crippen molar-refractivity contribution >= 4 is 22.1 Å². The number of nitrogens with zero attached hydrogens (tertiary/aromatic N) is 3. The number of hydrogen-bond donors (Lipinski definition) is 0. The molecule has 0 saturated heterocycles. The van der Waals surface area contributed by atoms with E-state index in [1.54, 1.807) is 14.2 Å². The summed E-state index contributed by atoms with van der Waals surface area (Å²) in [6.45, 7) is 2.09. The fourth-order valence-electron chi connectivity index (χ4n) is 4.04. The lowest BCUT2D eigenvalue weighted by atomic mass is 10.1. The maximum atomic E-state index is 5.51. The second-order valence-corrected chi connectivity index (χ2v) is 7.45. The molecule has 0 unspecified atom stereocenters. The number of aromatic nitrogens is 3. The molecule has 5 aromatic rings. The molecule has 0 N–H and O–H groups in total. The van der Waals surface area contributed by atoms with Gasteiger partial charge in [0, 0.05) is 23.7 Å². The Kier molecular flexibility index (Phi) is 4.24. The zero-order valence-electron chi connectivity index (χ0n) is 17.5. The molecule has 5 heteroatoms. The van der Waals surface area contributed by atoms with Crippen LogP contribution in [0.5, 0.6) is 11.5 Å². The first-order valence-electron chi connectivity index (χ1n) is 9.87. The van der Waals surface area contributed by atoms with Gasteiger partial charge >= 0.3 is 0 Å².